The first-order valence-corrected chi connectivity index (χ1v) is 9.35. The highest BCUT2D eigenvalue weighted by molar-refractivity contribution is 5.77. The molecule has 0 radical (unpaired) electrons. The fraction of sp³-hybridized carbons (Fsp3) is 0.944. The van der Waals surface area contributed by atoms with Crippen molar-refractivity contribution in [2.24, 2.45) is 23.2 Å². The predicted molar refractivity (Wildman–Crippen MR) is 87.1 cm³/mol. The number of fused-ring (bicyclic) bond motifs is 2. The van der Waals surface area contributed by atoms with Gasteiger partial charge in [0.15, 0.2) is 5.41 Å². The fourth-order valence-electron chi connectivity index (χ4n) is 4.08. The molecule has 30 heavy (non-hydrogen) atoms. The molecule has 178 valence electrons. The lowest BCUT2D eigenvalue weighted by atomic mass is 9.79. The van der Waals surface area contributed by atoms with Crippen LogP contribution >= 0.6 is 0 Å². The van der Waals surface area contributed by atoms with Crippen molar-refractivity contribution in [3.63, 3.8) is 0 Å². The van der Waals surface area contributed by atoms with Crippen LogP contribution in [0, 0.1) is 23.2 Å². The highest BCUT2D eigenvalue weighted by atomic mass is 19.4. The number of hydrogen-bond acceptors (Lipinski definition) is 3. The monoisotopic (exact) mass is 460 g/mol. The zero-order chi connectivity index (χ0) is 23.8. The van der Waals surface area contributed by atoms with Crippen molar-refractivity contribution in [1.29, 1.82) is 0 Å². The Morgan fingerprint density at radius 1 is 0.933 bits per heavy atom. The molecular weight excluding hydrogens is 435 g/mol. The maximum Gasteiger partial charge on any atom is 0.426 e. The van der Waals surface area contributed by atoms with E-state index in [0.29, 0.717) is 19.3 Å². The topological polar surface area (TPSA) is 46.5 Å². The summed E-state index contributed by atoms with van der Waals surface area (Å²) < 4.78 is 116. The molecular formula is C18H25F9O3. The van der Waals surface area contributed by atoms with Gasteiger partial charge in [-0.05, 0) is 56.8 Å². The van der Waals surface area contributed by atoms with Crippen LogP contribution in [0.5, 0.6) is 0 Å². The highest BCUT2D eigenvalue weighted by Gasteiger charge is 2.71. The van der Waals surface area contributed by atoms with E-state index >= 15 is 0 Å². The molecule has 4 atom stereocenters. The molecule has 12 heteroatoms. The van der Waals surface area contributed by atoms with Gasteiger partial charge in [0.2, 0.25) is 0 Å². The van der Waals surface area contributed by atoms with Gasteiger partial charge in [0.05, 0.1) is 7.11 Å². The molecule has 2 aliphatic carbocycles. The Morgan fingerprint density at radius 3 is 1.67 bits per heavy atom. The van der Waals surface area contributed by atoms with E-state index in [-0.39, 0.29) is 18.3 Å². The Bertz CT molecular complexity index is 583. The van der Waals surface area contributed by atoms with Gasteiger partial charge in [-0.25, -0.2) is 0 Å². The molecule has 3 nitrogen and oxygen atoms in total. The van der Waals surface area contributed by atoms with Gasteiger partial charge < -0.3 is 9.84 Å². The second kappa shape index (κ2) is 8.74. The molecule has 0 aromatic carbocycles. The van der Waals surface area contributed by atoms with Crippen LogP contribution in [0.2, 0.25) is 0 Å². The molecule has 1 N–H and O–H groups in total. The summed E-state index contributed by atoms with van der Waals surface area (Å²) in [6.07, 6.45) is -14.8. The van der Waals surface area contributed by atoms with Crippen molar-refractivity contribution >= 4 is 5.97 Å². The van der Waals surface area contributed by atoms with Gasteiger partial charge >= 0.3 is 24.5 Å². The van der Waals surface area contributed by atoms with Crippen LogP contribution in [-0.4, -0.2) is 42.3 Å². The Balaban J connectivity index is 0.000000329. The summed E-state index contributed by atoms with van der Waals surface area (Å²) in [5, 5.41) is 9.12. The number of hydrogen-bond donors (Lipinski definition) is 1. The zero-order valence-corrected chi connectivity index (χ0v) is 16.6. The van der Waals surface area contributed by atoms with Gasteiger partial charge in [-0.2, -0.15) is 39.5 Å². The Hall–Kier alpha value is -1.20. The van der Waals surface area contributed by atoms with Crippen molar-refractivity contribution in [1.82, 2.24) is 0 Å². The van der Waals surface area contributed by atoms with E-state index < -0.39 is 47.9 Å². The zero-order valence-electron chi connectivity index (χ0n) is 16.6. The number of methoxy groups -OCH3 is 1. The molecule has 2 rings (SSSR count). The molecule has 2 bridgehead atoms. The van der Waals surface area contributed by atoms with Gasteiger partial charge in [-0.1, -0.05) is 13.3 Å². The van der Waals surface area contributed by atoms with Gasteiger partial charge in [0, 0.05) is 0 Å². The maximum atomic E-state index is 12.5. The summed E-state index contributed by atoms with van der Waals surface area (Å²) in [6.45, 7) is 2.13. The van der Waals surface area contributed by atoms with E-state index in [1.54, 1.807) is 0 Å². The first-order valence-electron chi connectivity index (χ1n) is 9.35. The summed E-state index contributed by atoms with van der Waals surface area (Å²) in [5.41, 5.74) is -6.93. The maximum absolute atomic E-state index is 12.5. The lowest BCUT2D eigenvalue weighted by Crippen LogP contribution is -2.58. The van der Waals surface area contributed by atoms with Gasteiger partial charge in [0.25, 0.3) is 5.60 Å². The van der Waals surface area contributed by atoms with E-state index in [1.807, 2.05) is 0 Å². The highest BCUT2D eigenvalue weighted by Crippen LogP contribution is 2.55. The largest absolute Gasteiger partial charge is 0.468 e. The SMILES string of the molecule is CCC(C)(C(=O)OC)C(F)(F)F.OC(CC1CC2CCC1C2)(C(F)(F)F)C(F)(F)F. The van der Waals surface area contributed by atoms with E-state index in [0.717, 1.165) is 20.5 Å². The standard InChI is InChI=1S/C11H14F6O.C7H11F3O2/c12-10(13,14)9(18,11(15,16)17)5-8-4-6-1-2-7(8)3-6;1-4-6(2,5(11)12-3)7(8,9)10/h6-8,18H,1-5H2;4H2,1-3H3. The van der Waals surface area contributed by atoms with Crippen LogP contribution < -0.4 is 0 Å². The number of rotatable bonds is 4. The Labute approximate surface area is 167 Å². The van der Waals surface area contributed by atoms with Crippen molar-refractivity contribution in [3.8, 4) is 0 Å². The summed E-state index contributed by atoms with van der Waals surface area (Å²) in [5.74, 6) is -1.76. The molecule has 0 saturated heterocycles. The molecule has 2 fully saturated rings. The molecule has 0 aromatic rings. The molecule has 2 aliphatic rings. The minimum absolute atomic E-state index is 0.0915. The smallest absolute Gasteiger partial charge is 0.426 e. The second-order valence-electron chi connectivity index (χ2n) is 8.17. The summed E-state index contributed by atoms with van der Waals surface area (Å²) in [6, 6.07) is 0. The fourth-order valence-corrected chi connectivity index (χ4v) is 4.08. The van der Waals surface area contributed by atoms with Crippen molar-refractivity contribution in [3.05, 3.63) is 0 Å². The normalized spacial score (nSPS) is 26.6. The van der Waals surface area contributed by atoms with Crippen molar-refractivity contribution in [2.45, 2.75) is 76.5 Å². The third kappa shape index (κ3) is 5.16. The Morgan fingerprint density at radius 2 is 1.43 bits per heavy atom. The van der Waals surface area contributed by atoms with Gasteiger partial charge in [-0.3, -0.25) is 4.79 Å². The number of halogens is 9. The average molecular weight is 460 g/mol. The van der Waals surface area contributed by atoms with Crippen LogP contribution in [0.15, 0.2) is 0 Å². The second-order valence-corrected chi connectivity index (χ2v) is 8.17. The van der Waals surface area contributed by atoms with E-state index in [1.165, 1.54) is 6.92 Å². The predicted octanol–water partition coefficient (Wildman–Crippen LogP) is 5.81. The van der Waals surface area contributed by atoms with Crippen LogP contribution in [0.4, 0.5) is 39.5 Å². The first-order chi connectivity index (χ1) is 13.3. The number of carbonyl (C=O) groups excluding carboxylic acids is 1. The third-order valence-electron chi connectivity index (χ3n) is 6.35. The lowest BCUT2D eigenvalue weighted by molar-refractivity contribution is -0.373. The molecule has 0 heterocycles. The molecule has 0 amide bonds. The quantitative estimate of drug-likeness (QED) is 0.426. The summed E-state index contributed by atoms with van der Waals surface area (Å²) >= 11 is 0. The third-order valence-corrected chi connectivity index (χ3v) is 6.35. The van der Waals surface area contributed by atoms with E-state index in [4.69, 9.17) is 5.11 Å². The van der Waals surface area contributed by atoms with Gasteiger partial charge in [-0.15, -0.1) is 0 Å². The molecule has 4 unspecified atom stereocenters. The van der Waals surface area contributed by atoms with E-state index in [2.05, 4.69) is 4.74 Å². The molecule has 0 aliphatic heterocycles. The van der Waals surface area contributed by atoms with Crippen molar-refractivity contribution in [2.75, 3.05) is 7.11 Å². The number of alkyl halides is 9. The summed E-state index contributed by atoms with van der Waals surface area (Å²) in [4.78, 5) is 10.8. The van der Waals surface area contributed by atoms with Crippen LogP contribution in [-0.2, 0) is 9.53 Å². The molecule has 0 aromatic heterocycles. The number of esters is 1. The molecule has 2 saturated carbocycles. The first kappa shape index (κ1) is 26.8. The Kier molecular flexibility index (Phi) is 7.82. The van der Waals surface area contributed by atoms with Crippen LogP contribution in [0.3, 0.4) is 0 Å². The molecule has 0 spiro atoms. The van der Waals surface area contributed by atoms with Crippen LogP contribution in [0.25, 0.3) is 0 Å². The number of aliphatic hydroxyl groups is 1. The average Bonchev–Trinajstić information content (AvgIpc) is 3.20. The number of carbonyl (C=O) groups is 1. The van der Waals surface area contributed by atoms with Crippen molar-refractivity contribution < 1.29 is 54.2 Å². The number of ether oxygens (including phenoxy) is 1. The minimum atomic E-state index is -5.67. The lowest BCUT2D eigenvalue weighted by Gasteiger charge is -2.36. The van der Waals surface area contributed by atoms with Gasteiger partial charge in [0.1, 0.15) is 0 Å². The van der Waals surface area contributed by atoms with Crippen LogP contribution in [0.1, 0.15) is 52.4 Å². The summed E-state index contributed by atoms with van der Waals surface area (Å²) in [7, 11) is 0.946. The van der Waals surface area contributed by atoms with E-state index in [9.17, 15) is 44.3 Å². The minimum Gasteiger partial charge on any atom is -0.468 e.